The lowest BCUT2D eigenvalue weighted by Crippen LogP contribution is -2.33. The van der Waals surface area contributed by atoms with E-state index in [1.807, 2.05) is 62.4 Å². The smallest absolute Gasteiger partial charge is 0.320 e. The molecule has 0 heterocycles. The van der Waals surface area contributed by atoms with Gasteiger partial charge in [-0.15, -0.1) is 0 Å². The van der Waals surface area contributed by atoms with E-state index in [9.17, 15) is 9.59 Å². The topological polar surface area (TPSA) is 52.6 Å². The summed E-state index contributed by atoms with van der Waals surface area (Å²) in [6, 6.07) is 32.9. The molecule has 0 spiro atoms. The molecule has 4 heteroatoms. The second kappa shape index (κ2) is 9.94. The molecule has 38 heavy (non-hydrogen) atoms. The van der Waals surface area contributed by atoms with Gasteiger partial charge in [0.15, 0.2) is 5.92 Å². The Balaban J connectivity index is 1.16. The molecule has 0 bridgehead atoms. The minimum atomic E-state index is -0.978. The highest BCUT2D eigenvalue weighted by Crippen LogP contribution is 2.46. The molecule has 0 aromatic heterocycles. The summed E-state index contributed by atoms with van der Waals surface area (Å²) in [7, 11) is 0. The van der Waals surface area contributed by atoms with Crippen molar-refractivity contribution >= 4 is 11.9 Å². The van der Waals surface area contributed by atoms with Crippen LogP contribution in [0, 0.1) is 11.8 Å². The van der Waals surface area contributed by atoms with Crippen molar-refractivity contribution in [2.75, 3.05) is 13.2 Å². The standard InChI is InChI=1S/C34H30O4/c1-21(2)32(33(35)37-19-30-26-15-7-3-11-22(26)23-12-4-8-16-27(23)30)34(36)38-20-31-28-17-9-5-13-24(28)25-14-6-10-18-29(25)31/h3-18,21,30-32H,19-20H2,1-2H3. The molecule has 4 aromatic rings. The molecule has 4 aromatic carbocycles. The fourth-order valence-corrected chi connectivity index (χ4v) is 6.03. The zero-order valence-corrected chi connectivity index (χ0v) is 21.6. The maximum absolute atomic E-state index is 13.3. The van der Waals surface area contributed by atoms with E-state index in [-0.39, 0.29) is 31.0 Å². The van der Waals surface area contributed by atoms with E-state index in [2.05, 4.69) is 48.5 Å². The number of fused-ring (bicyclic) bond motifs is 6. The van der Waals surface area contributed by atoms with E-state index >= 15 is 0 Å². The Morgan fingerprint density at radius 2 is 0.842 bits per heavy atom. The van der Waals surface area contributed by atoms with Gasteiger partial charge in [0.25, 0.3) is 0 Å². The molecule has 0 unspecified atom stereocenters. The molecule has 190 valence electrons. The zero-order chi connectivity index (χ0) is 26.2. The van der Waals surface area contributed by atoms with Crippen LogP contribution < -0.4 is 0 Å². The molecule has 0 saturated heterocycles. The maximum atomic E-state index is 13.3. The molecular formula is C34H30O4. The number of benzene rings is 4. The number of esters is 2. The van der Waals surface area contributed by atoms with Gasteiger partial charge >= 0.3 is 11.9 Å². The van der Waals surface area contributed by atoms with Crippen LogP contribution in [0.2, 0.25) is 0 Å². The number of rotatable bonds is 7. The number of hydrogen-bond acceptors (Lipinski definition) is 4. The van der Waals surface area contributed by atoms with Gasteiger partial charge in [-0.3, -0.25) is 9.59 Å². The average molecular weight is 503 g/mol. The predicted octanol–water partition coefficient (Wildman–Crippen LogP) is 6.97. The van der Waals surface area contributed by atoms with Crippen LogP contribution in [0.5, 0.6) is 0 Å². The van der Waals surface area contributed by atoms with Crippen LogP contribution in [0.3, 0.4) is 0 Å². The Kier molecular flexibility index (Phi) is 6.32. The largest absolute Gasteiger partial charge is 0.464 e. The van der Waals surface area contributed by atoms with Gasteiger partial charge in [0.05, 0.1) is 0 Å². The molecule has 0 atom stereocenters. The SMILES string of the molecule is CC(C)C(C(=O)OCC1c2ccccc2-c2ccccc21)C(=O)OCC1c2ccccc2-c2ccccc21. The molecule has 0 fully saturated rings. The average Bonchev–Trinajstić information content (AvgIpc) is 3.43. The van der Waals surface area contributed by atoms with Crippen molar-refractivity contribution < 1.29 is 19.1 Å². The third kappa shape index (κ3) is 4.10. The van der Waals surface area contributed by atoms with Gasteiger partial charge in [-0.1, -0.05) is 111 Å². The molecule has 0 N–H and O–H groups in total. The highest BCUT2D eigenvalue weighted by molar-refractivity contribution is 5.95. The monoisotopic (exact) mass is 502 g/mol. The second-order valence-electron chi connectivity index (χ2n) is 10.4. The van der Waals surface area contributed by atoms with Crippen molar-refractivity contribution in [3.05, 3.63) is 119 Å². The Morgan fingerprint density at radius 1 is 0.553 bits per heavy atom. The highest BCUT2D eigenvalue weighted by Gasteiger charge is 2.37. The molecule has 2 aliphatic rings. The quantitative estimate of drug-likeness (QED) is 0.202. The Morgan fingerprint density at radius 3 is 1.13 bits per heavy atom. The third-order valence-electron chi connectivity index (χ3n) is 7.88. The van der Waals surface area contributed by atoms with Crippen LogP contribution in [-0.4, -0.2) is 25.2 Å². The minimum Gasteiger partial charge on any atom is -0.464 e. The maximum Gasteiger partial charge on any atom is 0.320 e. The molecule has 2 aliphatic carbocycles. The first kappa shape index (κ1) is 24.2. The van der Waals surface area contributed by atoms with Crippen LogP contribution in [0.25, 0.3) is 22.3 Å². The molecule has 0 amide bonds. The van der Waals surface area contributed by atoms with Gasteiger partial charge in [-0.05, 0) is 50.4 Å². The number of ether oxygens (including phenoxy) is 2. The van der Waals surface area contributed by atoms with Gasteiger partial charge in [-0.25, -0.2) is 0 Å². The lowest BCUT2D eigenvalue weighted by Gasteiger charge is -2.21. The van der Waals surface area contributed by atoms with Crippen molar-refractivity contribution in [3.63, 3.8) is 0 Å². The molecule has 6 rings (SSSR count). The Hall–Kier alpha value is -4.18. The van der Waals surface area contributed by atoms with Gasteiger partial charge < -0.3 is 9.47 Å². The van der Waals surface area contributed by atoms with E-state index in [0.29, 0.717) is 0 Å². The van der Waals surface area contributed by atoms with Crippen LogP contribution in [0.4, 0.5) is 0 Å². The van der Waals surface area contributed by atoms with Gasteiger partial charge in [-0.2, -0.15) is 0 Å². The number of carbonyl (C=O) groups is 2. The summed E-state index contributed by atoms with van der Waals surface area (Å²) in [5, 5.41) is 0. The van der Waals surface area contributed by atoms with Crippen LogP contribution in [-0.2, 0) is 19.1 Å². The molecule has 0 aliphatic heterocycles. The first-order chi connectivity index (χ1) is 18.5. The fourth-order valence-electron chi connectivity index (χ4n) is 6.03. The van der Waals surface area contributed by atoms with Crippen molar-refractivity contribution in [1.29, 1.82) is 0 Å². The Bertz CT molecular complexity index is 1320. The van der Waals surface area contributed by atoms with Crippen molar-refractivity contribution in [1.82, 2.24) is 0 Å². The van der Waals surface area contributed by atoms with Gasteiger partial charge in [0.2, 0.25) is 0 Å². The number of carbonyl (C=O) groups excluding carboxylic acids is 2. The summed E-state index contributed by atoms with van der Waals surface area (Å²) >= 11 is 0. The summed E-state index contributed by atoms with van der Waals surface area (Å²) in [5.74, 6) is -2.39. The lowest BCUT2D eigenvalue weighted by atomic mass is 9.95. The summed E-state index contributed by atoms with van der Waals surface area (Å²) < 4.78 is 11.7. The van der Waals surface area contributed by atoms with E-state index in [1.165, 1.54) is 22.3 Å². The summed E-state index contributed by atoms with van der Waals surface area (Å²) in [6.45, 7) is 4.08. The van der Waals surface area contributed by atoms with E-state index in [0.717, 1.165) is 22.3 Å². The van der Waals surface area contributed by atoms with E-state index < -0.39 is 17.9 Å². The molecule has 0 radical (unpaired) electrons. The minimum absolute atomic E-state index is 0.0540. The molecular weight excluding hydrogens is 472 g/mol. The normalized spacial score (nSPS) is 13.7. The van der Waals surface area contributed by atoms with E-state index in [1.54, 1.807) is 0 Å². The van der Waals surface area contributed by atoms with Crippen LogP contribution in [0.15, 0.2) is 97.1 Å². The first-order valence-corrected chi connectivity index (χ1v) is 13.2. The zero-order valence-electron chi connectivity index (χ0n) is 21.6. The van der Waals surface area contributed by atoms with Crippen LogP contribution in [0.1, 0.15) is 47.9 Å². The Labute approximate surface area is 223 Å². The van der Waals surface area contributed by atoms with E-state index in [4.69, 9.17) is 9.47 Å². The highest BCUT2D eigenvalue weighted by atomic mass is 16.6. The van der Waals surface area contributed by atoms with Gasteiger partial charge in [0, 0.05) is 11.8 Å². The third-order valence-corrected chi connectivity index (χ3v) is 7.88. The van der Waals surface area contributed by atoms with Crippen molar-refractivity contribution in [2.45, 2.75) is 25.7 Å². The molecule has 4 nitrogen and oxygen atoms in total. The predicted molar refractivity (Wildman–Crippen MR) is 148 cm³/mol. The second-order valence-corrected chi connectivity index (χ2v) is 10.4. The number of hydrogen-bond donors (Lipinski definition) is 0. The summed E-state index contributed by atoms with van der Waals surface area (Å²) in [4.78, 5) is 26.6. The van der Waals surface area contributed by atoms with Crippen molar-refractivity contribution in [3.8, 4) is 22.3 Å². The first-order valence-electron chi connectivity index (χ1n) is 13.2. The summed E-state index contributed by atoms with van der Waals surface area (Å²) in [6.07, 6.45) is 0. The fraction of sp³-hybridized carbons (Fsp3) is 0.235. The van der Waals surface area contributed by atoms with Gasteiger partial charge in [0.1, 0.15) is 13.2 Å². The summed E-state index contributed by atoms with van der Waals surface area (Å²) in [5.41, 5.74) is 9.24. The van der Waals surface area contributed by atoms with Crippen LogP contribution >= 0.6 is 0 Å². The van der Waals surface area contributed by atoms with Crippen molar-refractivity contribution in [2.24, 2.45) is 11.8 Å². The lowest BCUT2D eigenvalue weighted by molar-refractivity contribution is -0.164. The molecule has 0 saturated carbocycles.